The first-order valence-electron chi connectivity index (χ1n) is 4.33. The highest BCUT2D eigenvalue weighted by atomic mass is 16.4. The Morgan fingerprint density at radius 1 is 1.29 bits per heavy atom. The van der Waals surface area contributed by atoms with E-state index in [1.165, 1.54) is 0 Å². The molecule has 0 aliphatic heterocycles. The van der Waals surface area contributed by atoms with Crippen LogP contribution < -0.4 is 4.90 Å². The van der Waals surface area contributed by atoms with Gasteiger partial charge in [-0.2, -0.15) is 0 Å². The third-order valence-corrected chi connectivity index (χ3v) is 1.74. The average molecular weight is 191 g/mol. The summed E-state index contributed by atoms with van der Waals surface area (Å²) in [7, 11) is 0. The molecule has 1 aromatic heterocycles. The Labute approximate surface area is 83.3 Å². The van der Waals surface area contributed by atoms with Crippen molar-refractivity contribution in [1.29, 1.82) is 0 Å². The Hall–Kier alpha value is -1.77. The third-order valence-electron chi connectivity index (χ3n) is 1.74. The van der Waals surface area contributed by atoms with Crippen molar-refractivity contribution in [2.45, 2.75) is 0 Å². The molecule has 74 valence electrons. The first-order valence-corrected chi connectivity index (χ1v) is 4.33. The molecule has 0 fully saturated rings. The molecular weight excluding hydrogens is 178 g/mol. The van der Waals surface area contributed by atoms with Crippen molar-refractivity contribution in [3.8, 4) is 0 Å². The Morgan fingerprint density at radius 2 is 1.93 bits per heavy atom. The van der Waals surface area contributed by atoms with Crippen LogP contribution in [0.15, 0.2) is 41.9 Å². The van der Waals surface area contributed by atoms with E-state index < -0.39 is 0 Å². The predicted molar refractivity (Wildman–Crippen MR) is 56.7 cm³/mol. The van der Waals surface area contributed by atoms with Gasteiger partial charge in [0.05, 0.1) is 0 Å². The summed E-state index contributed by atoms with van der Waals surface area (Å²) in [4.78, 5) is 12.3. The van der Waals surface area contributed by atoms with Gasteiger partial charge in [-0.15, -0.1) is 13.2 Å². The minimum atomic E-state index is 0.332. The lowest BCUT2D eigenvalue weighted by Gasteiger charge is -2.17. The van der Waals surface area contributed by atoms with Crippen LogP contribution in [0.3, 0.4) is 0 Å². The molecule has 0 N–H and O–H groups in total. The second-order valence-electron chi connectivity index (χ2n) is 2.78. The summed E-state index contributed by atoms with van der Waals surface area (Å²) in [6.07, 6.45) is 4.22. The van der Waals surface area contributed by atoms with Crippen LogP contribution in [0.1, 0.15) is 10.6 Å². The minimum absolute atomic E-state index is 0.332. The number of hydrogen-bond acceptors (Lipinski definition) is 3. The van der Waals surface area contributed by atoms with Gasteiger partial charge >= 0.3 is 0 Å². The number of anilines is 1. The van der Waals surface area contributed by atoms with Crippen LogP contribution in [-0.4, -0.2) is 19.4 Å². The van der Waals surface area contributed by atoms with E-state index in [0.717, 1.165) is 0 Å². The van der Waals surface area contributed by atoms with Crippen LogP contribution in [0.2, 0.25) is 0 Å². The number of carbonyl (C=O) groups is 1. The van der Waals surface area contributed by atoms with Crippen molar-refractivity contribution >= 4 is 12.2 Å². The number of aldehydes is 1. The molecule has 0 radical (unpaired) electrons. The van der Waals surface area contributed by atoms with Crippen LogP contribution >= 0.6 is 0 Å². The van der Waals surface area contributed by atoms with Gasteiger partial charge in [0.2, 0.25) is 0 Å². The maximum absolute atomic E-state index is 10.4. The highest BCUT2D eigenvalue weighted by molar-refractivity contribution is 5.71. The van der Waals surface area contributed by atoms with Crippen molar-refractivity contribution in [3.63, 3.8) is 0 Å². The fourth-order valence-corrected chi connectivity index (χ4v) is 1.14. The molecule has 0 atom stereocenters. The first-order chi connectivity index (χ1) is 6.81. The monoisotopic (exact) mass is 191 g/mol. The number of furan rings is 1. The Kier molecular flexibility index (Phi) is 3.73. The molecular formula is C11H13NO2. The summed E-state index contributed by atoms with van der Waals surface area (Å²) in [5.41, 5.74) is 0. The molecule has 0 aliphatic carbocycles. The molecule has 0 saturated heterocycles. The Morgan fingerprint density at radius 3 is 2.36 bits per heavy atom. The number of carbonyl (C=O) groups excluding carboxylic acids is 1. The van der Waals surface area contributed by atoms with E-state index in [1.54, 1.807) is 24.3 Å². The second kappa shape index (κ2) is 5.07. The van der Waals surface area contributed by atoms with Crippen molar-refractivity contribution in [1.82, 2.24) is 0 Å². The molecule has 3 nitrogen and oxygen atoms in total. The van der Waals surface area contributed by atoms with Crippen LogP contribution in [0.5, 0.6) is 0 Å². The topological polar surface area (TPSA) is 33.5 Å². The highest BCUT2D eigenvalue weighted by Crippen LogP contribution is 2.17. The summed E-state index contributed by atoms with van der Waals surface area (Å²) in [6, 6.07) is 3.40. The van der Waals surface area contributed by atoms with E-state index in [2.05, 4.69) is 13.2 Å². The normalized spacial score (nSPS) is 9.43. The van der Waals surface area contributed by atoms with Gasteiger partial charge in [0.15, 0.2) is 17.9 Å². The van der Waals surface area contributed by atoms with E-state index in [4.69, 9.17) is 4.42 Å². The van der Waals surface area contributed by atoms with Gasteiger partial charge in [-0.1, -0.05) is 12.2 Å². The smallest absolute Gasteiger partial charge is 0.196 e. The Bertz CT molecular complexity index is 318. The zero-order valence-electron chi connectivity index (χ0n) is 7.98. The molecule has 0 saturated carbocycles. The van der Waals surface area contributed by atoms with Gasteiger partial charge in [0, 0.05) is 19.2 Å². The molecule has 14 heavy (non-hydrogen) atoms. The quantitative estimate of drug-likeness (QED) is 0.511. The maximum Gasteiger partial charge on any atom is 0.196 e. The minimum Gasteiger partial charge on any atom is -0.438 e. The summed E-state index contributed by atoms with van der Waals surface area (Å²) in [5, 5.41) is 0. The molecule has 0 aromatic carbocycles. The largest absolute Gasteiger partial charge is 0.438 e. The molecule has 0 unspecified atom stereocenters. The lowest BCUT2D eigenvalue weighted by molar-refractivity contribution is 0.110. The van der Waals surface area contributed by atoms with Crippen molar-refractivity contribution in [2.24, 2.45) is 0 Å². The van der Waals surface area contributed by atoms with Crippen LogP contribution in [0.4, 0.5) is 5.88 Å². The van der Waals surface area contributed by atoms with Crippen LogP contribution in [-0.2, 0) is 0 Å². The summed E-state index contributed by atoms with van der Waals surface area (Å²) < 4.78 is 5.26. The van der Waals surface area contributed by atoms with E-state index in [-0.39, 0.29) is 0 Å². The molecule has 0 aliphatic rings. The summed E-state index contributed by atoms with van der Waals surface area (Å²) in [5.74, 6) is 0.991. The molecule has 0 bridgehead atoms. The van der Waals surface area contributed by atoms with Crippen molar-refractivity contribution in [3.05, 3.63) is 43.2 Å². The Balaban J connectivity index is 2.80. The number of hydrogen-bond donors (Lipinski definition) is 0. The molecule has 0 spiro atoms. The zero-order chi connectivity index (χ0) is 10.4. The SMILES string of the molecule is C=CCN(CC=C)c1ccc(C=O)o1. The van der Waals surface area contributed by atoms with Gasteiger partial charge in [-0.05, 0) is 6.07 Å². The lowest BCUT2D eigenvalue weighted by Crippen LogP contribution is -2.22. The van der Waals surface area contributed by atoms with Gasteiger partial charge in [0.1, 0.15) is 0 Å². The van der Waals surface area contributed by atoms with Crippen LogP contribution in [0.25, 0.3) is 0 Å². The van der Waals surface area contributed by atoms with Crippen LogP contribution in [0, 0.1) is 0 Å². The van der Waals surface area contributed by atoms with Gasteiger partial charge < -0.3 is 9.32 Å². The average Bonchev–Trinajstić information content (AvgIpc) is 2.65. The number of nitrogens with zero attached hydrogens (tertiary/aromatic N) is 1. The summed E-state index contributed by atoms with van der Waals surface area (Å²) in [6.45, 7) is 8.63. The fourth-order valence-electron chi connectivity index (χ4n) is 1.14. The van der Waals surface area contributed by atoms with Crippen molar-refractivity contribution in [2.75, 3.05) is 18.0 Å². The maximum atomic E-state index is 10.4. The zero-order valence-corrected chi connectivity index (χ0v) is 7.98. The standard InChI is InChI=1S/C11H13NO2/c1-3-7-12(8-4-2)11-6-5-10(9-13)14-11/h3-6,9H,1-2,7-8H2. The predicted octanol–water partition coefficient (Wildman–Crippen LogP) is 2.27. The molecule has 1 rings (SSSR count). The fraction of sp³-hybridized carbons (Fsp3) is 0.182. The molecule has 3 heteroatoms. The molecule has 0 amide bonds. The molecule has 1 heterocycles. The number of rotatable bonds is 6. The van der Waals surface area contributed by atoms with Gasteiger partial charge in [-0.3, -0.25) is 4.79 Å². The van der Waals surface area contributed by atoms with E-state index in [1.807, 2.05) is 4.90 Å². The van der Waals surface area contributed by atoms with Gasteiger partial charge in [0.25, 0.3) is 0 Å². The second-order valence-corrected chi connectivity index (χ2v) is 2.78. The van der Waals surface area contributed by atoms with Crippen molar-refractivity contribution < 1.29 is 9.21 Å². The van der Waals surface area contributed by atoms with E-state index in [0.29, 0.717) is 31.0 Å². The van der Waals surface area contributed by atoms with Gasteiger partial charge in [-0.25, -0.2) is 0 Å². The third kappa shape index (κ3) is 2.36. The highest BCUT2D eigenvalue weighted by Gasteiger charge is 2.07. The first kappa shape index (κ1) is 10.3. The van der Waals surface area contributed by atoms with E-state index in [9.17, 15) is 4.79 Å². The van der Waals surface area contributed by atoms with E-state index >= 15 is 0 Å². The molecule has 1 aromatic rings. The lowest BCUT2D eigenvalue weighted by atomic mass is 10.4. The summed E-state index contributed by atoms with van der Waals surface area (Å²) >= 11 is 0.